The van der Waals surface area contributed by atoms with Crippen LogP contribution in [0.5, 0.6) is 11.5 Å². The van der Waals surface area contributed by atoms with Crippen molar-refractivity contribution in [3.8, 4) is 11.5 Å². The highest BCUT2D eigenvalue weighted by Crippen LogP contribution is 2.29. The van der Waals surface area contributed by atoms with Crippen molar-refractivity contribution in [3.05, 3.63) is 30.2 Å². The van der Waals surface area contributed by atoms with E-state index in [1.165, 1.54) is 32.1 Å². The van der Waals surface area contributed by atoms with Gasteiger partial charge in [0.15, 0.2) is 11.5 Å². The van der Waals surface area contributed by atoms with E-state index in [-0.39, 0.29) is 23.3 Å². The quantitative estimate of drug-likeness (QED) is 0.245. The van der Waals surface area contributed by atoms with E-state index in [1.54, 1.807) is 12.1 Å². The fraction of sp³-hybridized carbons (Fsp3) is 0.680. The first-order valence-electron chi connectivity index (χ1n) is 11.6. The Balaban J connectivity index is 1.96. The molecule has 164 valence electrons. The van der Waals surface area contributed by atoms with Crippen LogP contribution in [-0.2, 0) is 11.2 Å². The molecule has 1 aliphatic heterocycles. The van der Waals surface area contributed by atoms with Gasteiger partial charge in [-0.25, -0.2) is 0 Å². The maximum absolute atomic E-state index is 12.8. The van der Waals surface area contributed by atoms with E-state index in [2.05, 4.69) is 25.2 Å². The number of hydrogen-bond acceptors (Lipinski definition) is 4. The first kappa shape index (κ1) is 23.7. The molecule has 1 aromatic carbocycles. The van der Waals surface area contributed by atoms with Crippen LogP contribution < -0.4 is 0 Å². The normalized spacial score (nSPS) is 16.8. The van der Waals surface area contributed by atoms with Crippen LogP contribution in [-0.4, -0.2) is 40.5 Å². The van der Waals surface area contributed by atoms with Crippen LogP contribution in [0, 0.1) is 18.3 Å². The summed E-state index contributed by atoms with van der Waals surface area (Å²) >= 11 is 0. The highest BCUT2D eigenvalue weighted by molar-refractivity contribution is 5.82. The van der Waals surface area contributed by atoms with Crippen LogP contribution in [0.1, 0.15) is 77.2 Å². The Morgan fingerprint density at radius 1 is 1.07 bits per heavy atom. The van der Waals surface area contributed by atoms with Crippen LogP contribution in [0.25, 0.3) is 0 Å². The summed E-state index contributed by atoms with van der Waals surface area (Å²) in [6, 6.07) is 5.07. The van der Waals surface area contributed by atoms with Gasteiger partial charge in [0.25, 0.3) is 0 Å². The van der Waals surface area contributed by atoms with Gasteiger partial charge < -0.3 is 26.3 Å². The number of hydrogen-bond donors (Lipinski definition) is 2. The average Bonchev–Trinajstić information content (AvgIpc) is 3.21. The lowest BCUT2D eigenvalue weighted by molar-refractivity contribution is -0.122. The van der Waals surface area contributed by atoms with Gasteiger partial charge >= 0.3 is 0 Å². The maximum Gasteiger partial charge on any atom is 0.157 e. The number of likely N-dealkylation sites (tertiary alicyclic amines) is 1. The van der Waals surface area contributed by atoms with Gasteiger partial charge in [0, 0.05) is 6.42 Å². The minimum Gasteiger partial charge on any atom is -0.504 e. The monoisotopic (exact) mass is 402 g/mol. The minimum atomic E-state index is -0.0847. The lowest BCUT2D eigenvalue weighted by atomic mass is 9.84. The van der Waals surface area contributed by atoms with Gasteiger partial charge in [-0.2, -0.15) is 0 Å². The molecule has 0 aromatic heterocycles. The van der Waals surface area contributed by atoms with Crippen molar-refractivity contribution in [1.82, 2.24) is 4.90 Å². The van der Waals surface area contributed by atoms with Gasteiger partial charge in [-0.05, 0) is 56.6 Å². The number of aromatic hydroxyl groups is 2. The molecule has 2 unspecified atom stereocenters. The molecule has 4 nitrogen and oxygen atoms in total. The number of carbonyl (C=O) groups excluding carboxylic acids is 1. The summed E-state index contributed by atoms with van der Waals surface area (Å²) in [5, 5.41) is 19.4. The summed E-state index contributed by atoms with van der Waals surface area (Å²) in [4.78, 5) is 15.3. The van der Waals surface area contributed by atoms with E-state index < -0.39 is 0 Å². The molecule has 1 fully saturated rings. The number of unbranched alkanes of at least 4 members (excludes halogenated alkanes) is 4. The third kappa shape index (κ3) is 8.38. The van der Waals surface area contributed by atoms with Gasteiger partial charge in [0.2, 0.25) is 0 Å². The molecular formula is C25H40NO3-. The molecule has 1 aliphatic rings. The van der Waals surface area contributed by atoms with Crippen LogP contribution >= 0.6 is 0 Å². The van der Waals surface area contributed by atoms with E-state index in [0.29, 0.717) is 12.2 Å². The maximum atomic E-state index is 12.8. The third-order valence-electron chi connectivity index (χ3n) is 6.11. The Hall–Kier alpha value is -1.55. The zero-order chi connectivity index (χ0) is 21.1. The molecule has 0 amide bonds. The SMILES string of the molecule is CCCCCCCC(=O)C([CH-]C(Cc1ccc(O)c(O)c1)CN1CCCC1)CC. The Kier molecular flexibility index (Phi) is 10.5. The number of benzene rings is 1. The molecular weight excluding hydrogens is 362 g/mol. The second-order valence-corrected chi connectivity index (χ2v) is 8.63. The number of phenolic OH excluding ortho intramolecular Hbond substituents is 2. The Morgan fingerprint density at radius 3 is 2.45 bits per heavy atom. The molecule has 2 rings (SSSR count). The van der Waals surface area contributed by atoms with Gasteiger partial charge in [0.05, 0.1) is 0 Å². The average molecular weight is 403 g/mol. The summed E-state index contributed by atoms with van der Waals surface area (Å²) in [5.41, 5.74) is 1.00. The minimum absolute atomic E-state index is 0.0134. The smallest absolute Gasteiger partial charge is 0.157 e. The van der Waals surface area contributed by atoms with Crippen LogP contribution in [0.2, 0.25) is 0 Å². The molecule has 29 heavy (non-hydrogen) atoms. The first-order valence-corrected chi connectivity index (χ1v) is 11.6. The predicted molar refractivity (Wildman–Crippen MR) is 119 cm³/mol. The Bertz CT molecular complexity index is 610. The second kappa shape index (κ2) is 12.9. The zero-order valence-electron chi connectivity index (χ0n) is 18.4. The van der Waals surface area contributed by atoms with Crippen molar-refractivity contribution >= 4 is 5.78 Å². The summed E-state index contributed by atoms with van der Waals surface area (Å²) < 4.78 is 0. The topological polar surface area (TPSA) is 60.8 Å². The van der Waals surface area contributed by atoms with Crippen LogP contribution in [0.4, 0.5) is 0 Å². The molecule has 1 heterocycles. The molecule has 1 aromatic rings. The Morgan fingerprint density at radius 2 is 1.79 bits per heavy atom. The van der Waals surface area contributed by atoms with Crippen molar-refractivity contribution in [2.75, 3.05) is 19.6 Å². The molecule has 0 bridgehead atoms. The van der Waals surface area contributed by atoms with E-state index in [4.69, 9.17) is 0 Å². The van der Waals surface area contributed by atoms with E-state index in [9.17, 15) is 15.0 Å². The zero-order valence-corrected chi connectivity index (χ0v) is 18.4. The van der Waals surface area contributed by atoms with E-state index in [1.807, 2.05) is 6.07 Å². The molecule has 4 heteroatoms. The fourth-order valence-electron chi connectivity index (χ4n) is 4.38. The molecule has 0 aliphatic carbocycles. The summed E-state index contributed by atoms with van der Waals surface area (Å²) in [7, 11) is 0. The largest absolute Gasteiger partial charge is 0.504 e. The summed E-state index contributed by atoms with van der Waals surface area (Å²) in [6.45, 7) is 7.54. The molecule has 2 N–H and O–H groups in total. The van der Waals surface area contributed by atoms with Crippen molar-refractivity contribution in [2.45, 2.75) is 78.1 Å². The number of carbonyl (C=O) groups is 1. The number of rotatable bonds is 14. The molecule has 2 atom stereocenters. The van der Waals surface area contributed by atoms with Gasteiger partial charge in [-0.3, -0.25) is 0 Å². The van der Waals surface area contributed by atoms with Crippen molar-refractivity contribution < 1.29 is 15.0 Å². The van der Waals surface area contributed by atoms with Crippen molar-refractivity contribution in [1.29, 1.82) is 0 Å². The highest BCUT2D eigenvalue weighted by atomic mass is 16.3. The molecule has 0 radical (unpaired) electrons. The second-order valence-electron chi connectivity index (χ2n) is 8.63. The number of ketones is 1. The van der Waals surface area contributed by atoms with Crippen LogP contribution in [0.15, 0.2) is 18.2 Å². The fourth-order valence-corrected chi connectivity index (χ4v) is 4.38. The molecule has 0 saturated carbocycles. The summed E-state index contributed by atoms with van der Waals surface area (Å²) in [5.74, 6) is 0.505. The van der Waals surface area contributed by atoms with Crippen LogP contribution in [0.3, 0.4) is 0 Å². The first-order chi connectivity index (χ1) is 14.0. The lowest BCUT2D eigenvalue weighted by Gasteiger charge is -2.35. The number of phenols is 2. The number of Topliss-reactive ketones (excluding diaryl/α,β-unsaturated/α-hetero) is 1. The lowest BCUT2D eigenvalue weighted by Crippen LogP contribution is -2.31. The molecule has 1 saturated heterocycles. The van der Waals surface area contributed by atoms with Crippen molar-refractivity contribution in [3.63, 3.8) is 0 Å². The van der Waals surface area contributed by atoms with E-state index in [0.717, 1.165) is 50.9 Å². The third-order valence-corrected chi connectivity index (χ3v) is 6.11. The molecule has 0 spiro atoms. The highest BCUT2D eigenvalue weighted by Gasteiger charge is 2.18. The van der Waals surface area contributed by atoms with Gasteiger partial charge in [0.1, 0.15) is 5.78 Å². The van der Waals surface area contributed by atoms with Gasteiger partial charge in [-0.15, -0.1) is 11.8 Å². The van der Waals surface area contributed by atoms with Crippen molar-refractivity contribution in [2.24, 2.45) is 11.8 Å². The standard InChI is InChI=1S/C25H40NO3/c1-3-5-6-7-8-11-23(27)22(4-2)17-21(19-26-14-9-10-15-26)16-20-12-13-24(28)25(29)18-20/h12-13,17-18,21-22,28-29H,3-11,14-16,19H2,1-2H3/q-1. The Labute approximate surface area is 177 Å². The predicted octanol–water partition coefficient (Wildman–Crippen LogP) is 5.51. The van der Waals surface area contributed by atoms with Gasteiger partial charge in [-0.1, -0.05) is 58.4 Å². The summed E-state index contributed by atoms with van der Waals surface area (Å²) in [6.07, 6.45) is 13.0. The number of nitrogens with zero attached hydrogens (tertiary/aromatic N) is 1. The van der Waals surface area contributed by atoms with E-state index >= 15 is 0 Å².